The van der Waals surface area contributed by atoms with E-state index in [0.29, 0.717) is 29.6 Å². The molecule has 0 N–H and O–H groups in total. The number of benzene rings is 2. The second kappa shape index (κ2) is 9.28. The highest BCUT2D eigenvalue weighted by atomic mass is 35.5. The maximum absolute atomic E-state index is 12.9. The molecule has 2 heterocycles. The molecule has 0 radical (unpaired) electrons. The van der Waals surface area contributed by atoms with Crippen LogP contribution in [0.25, 0.3) is 0 Å². The molecule has 1 aliphatic heterocycles. The van der Waals surface area contributed by atoms with Crippen molar-refractivity contribution in [3.05, 3.63) is 82.3 Å². The van der Waals surface area contributed by atoms with E-state index in [9.17, 15) is 9.00 Å². The van der Waals surface area contributed by atoms with Crippen LogP contribution in [0.1, 0.15) is 27.4 Å². The molecule has 0 spiro atoms. The van der Waals surface area contributed by atoms with Gasteiger partial charge in [0.15, 0.2) is 5.76 Å². The average molecular weight is 457 g/mol. The van der Waals surface area contributed by atoms with Crippen LogP contribution in [-0.4, -0.2) is 41.2 Å². The molecule has 1 fully saturated rings. The highest BCUT2D eigenvalue weighted by molar-refractivity contribution is 7.84. The third-order valence-corrected chi connectivity index (χ3v) is 7.09. The Morgan fingerprint density at radius 3 is 2.42 bits per heavy atom. The van der Waals surface area contributed by atoms with Crippen LogP contribution in [0.3, 0.4) is 0 Å². The van der Waals surface area contributed by atoms with Crippen molar-refractivity contribution in [3.8, 4) is 0 Å². The molecule has 4 rings (SSSR count). The number of amides is 1. The minimum Gasteiger partial charge on any atom is -0.455 e. The first-order chi connectivity index (χ1) is 14.9. The zero-order valence-electron chi connectivity index (χ0n) is 17.6. The number of carbonyl (C=O) groups excluding carboxylic acids is 1. The topological polar surface area (TPSA) is 53.8 Å². The van der Waals surface area contributed by atoms with Crippen LogP contribution in [0.15, 0.2) is 63.9 Å². The maximum atomic E-state index is 12.9. The summed E-state index contributed by atoms with van der Waals surface area (Å²) in [5.41, 5.74) is 3.40. The Bertz CT molecular complexity index is 1100. The monoisotopic (exact) mass is 456 g/mol. The Balaban J connectivity index is 1.36. The molecule has 31 heavy (non-hydrogen) atoms. The van der Waals surface area contributed by atoms with Gasteiger partial charge in [-0.05, 0) is 55.8 Å². The molecule has 1 saturated heterocycles. The number of nitrogens with zero attached hydrogens (tertiary/aromatic N) is 2. The van der Waals surface area contributed by atoms with Crippen molar-refractivity contribution in [1.29, 1.82) is 0 Å². The zero-order valence-corrected chi connectivity index (χ0v) is 19.2. The first kappa shape index (κ1) is 21.7. The quantitative estimate of drug-likeness (QED) is 0.552. The average Bonchev–Trinajstić information content (AvgIpc) is 3.24. The van der Waals surface area contributed by atoms with Crippen LogP contribution in [0.5, 0.6) is 0 Å². The number of halogens is 1. The lowest BCUT2D eigenvalue weighted by Gasteiger charge is -2.36. The van der Waals surface area contributed by atoms with E-state index in [0.717, 1.165) is 29.2 Å². The Morgan fingerprint density at radius 1 is 1.00 bits per heavy atom. The second-order valence-electron chi connectivity index (χ2n) is 7.78. The summed E-state index contributed by atoms with van der Waals surface area (Å²) < 4.78 is 18.3. The zero-order chi connectivity index (χ0) is 22.0. The predicted octanol–water partition coefficient (Wildman–Crippen LogP) is 4.82. The van der Waals surface area contributed by atoms with E-state index in [1.54, 1.807) is 17.0 Å². The molecule has 5 nitrogen and oxygen atoms in total. The second-order valence-corrected chi connectivity index (χ2v) is 9.67. The first-order valence-electron chi connectivity index (χ1n) is 10.2. The predicted molar refractivity (Wildman–Crippen MR) is 124 cm³/mol. The molecule has 1 atom stereocenters. The van der Waals surface area contributed by atoms with E-state index >= 15 is 0 Å². The van der Waals surface area contributed by atoms with Gasteiger partial charge in [-0.1, -0.05) is 35.4 Å². The fourth-order valence-corrected chi connectivity index (χ4v) is 4.89. The number of hydrogen-bond donors (Lipinski definition) is 0. The van der Waals surface area contributed by atoms with Gasteiger partial charge in [-0.2, -0.15) is 0 Å². The molecule has 0 aliphatic carbocycles. The summed E-state index contributed by atoms with van der Waals surface area (Å²) in [5.74, 6) is 0.964. The van der Waals surface area contributed by atoms with E-state index in [4.69, 9.17) is 16.0 Å². The van der Waals surface area contributed by atoms with E-state index < -0.39 is 10.8 Å². The summed E-state index contributed by atoms with van der Waals surface area (Å²) in [4.78, 5) is 17.7. The molecule has 7 heteroatoms. The summed E-state index contributed by atoms with van der Waals surface area (Å²) in [6, 6.07) is 16.9. The van der Waals surface area contributed by atoms with Gasteiger partial charge in [0.05, 0.1) is 16.6 Å². The van der Waals surface area contributed by atoms with Crippen LogP contribution >= 0.6 is 11.6 Å². The van der Waals surface area contributed by atoms with Gasteiger partial charge in [0.25, 0.3) is 5.91 Å². The highest BCUT2D eigenvalue weighted by Gasteiger charge is 2.25. The maximum Gasteiger partial charge on any atom is 0.289 e. The van der Waals surface area contributed by atoms with Gasteiger partial charge >= 0.3 is 0 Å². The minimum absolute atomic E-state index is 0.130. The van der Waals surface area contributed by atoms with Gasteiger partial charge in [0.1, 0.15) is 5.76 Å². The van der Waals surface area contributed by atoms with Crippen LogP contribution in [0, 0.1) is 13.8 Å². The van der Waals surface area contributed by atoms with Crippen molar-refractivity contribution < 1.29 is 13.4 Å². The Labute approximate surface area is 190 Å². The third kappa shape index (κ3) is 5.02. The molecule has 0 bridgehead atoms. The van der Waals surface area contributed by atoms with Crippen molar-refractivity contribution in [2.24, 2.45) is 0 Å². The van der Waals surface area contributed by atoms with Crippen molar-refractivity contribution in [1.82, 2.24) is 4.90 Å². The van der Waals surface area contributed by atoms with E-state index in [1.807, 2.05) is 49.4 Å². The smallest absolute Gasteiger partial charge is 0.289 e. The third-order valence-electron chi connectivity index (χ3n) is 5.51. The largest absolute Gasteiger partial charge is 0.455 e. The number of piperazine rings is 1. The molecule has 0 unspecified atom stereocenters. The molecule has 2 aromatic carbocycles. The molecule has 162 valence electrons. The van der Waals surface area contributed by atoms with Crippen molar-refractivity contribution in [2.45, 2.75) is 24.5 Å². The van der Waals surface area contributed by atoms with E-state index in [2.05, 4.69) is 11.8 Å². The lowest BCUT2D eigenvalue weighted by atomic mass is 10.1. The van der Waals surface area contributed by atoms with Gasteiger partial charge in [-0.25, -0.2) is 0 Å². The summed E-state index contributed by atoms with van der Waals surface area (Å²) >= 11 is 6.15. The molecule has 1 amide bonds. The number of hydrogen-bond acceptors (Lipinski definition) is 4. The molecule has 1 aliphatic rings. The Kier molecular flexibility index (Phi) is 6.49. The number of anilines is 1. The number of carbonyl (C=O) groups is 1. The van der Waals surface area contributed by atoms with Crippen molar-refractivity contribution in [2.75, 3.05) is 31.1 Å². The fraction of sp³-hybridized carbons (Fsp3) is 0.292. The lowest BCUT2D eigenvalue weighted by Crippen LogP contribution is -2.48. The summed E-state index contributed by atoms with van der Waals surface area (Å²) in [6.07, 6.45) is 0. The van der Waals surface area contributed by atoms with E-state index in [1.165, 1.54) is 5.56 Å². The van der Waals surface area contributed by atoms with Gasteiger partial charge in [0.2, 0.25) is 0 Å². The van der Waals surface area contributed by atoms with Crippen molar-refractivity contribution in [3.63, 3.8) is 0 Å². The molecular weight excluding hydrogens is 432 g/mol. The van der Waals surface area contributed by atoms with Crippen LogP contribution in [0.2, 0.25) is 5.02 Å². The number of rotatable bonds is 5. The molecule has 0 saturated carbocycles. The summed E-state index contributed by atoms with van der Waals surface area (Å²) in [5, 5.41) is 0.713. The minimum atomic E-state index is -1.21. The van der Waals surface area contributed by atoms with Crippen molar-refractivity contribution >= 4 is 34.0 Å². The van der Waals surface area contributed by atoms with Crippen LogP contribution in [-0.2, 0) is 16.6 Å². The Morgan fingerprint density at radius 2 is 1.71 bits per heavy atom. The highest BCUT2D eigenvalue weighted by Crippen LogP contribution is 2.26. The molecular formula is C24H25ClN2O3S. The van der Waals surface area contributed by atoms with Gasteiger partial charge in [-0.15, -0.1) is 0 Å². The standard InChI is InChI=1S/C24H25ClN2O3S/c1-17-3-8-21(9-4-17)31(29)16-20-7-10-23(30-20)24(28)27-13-11-26(12-14-27)22-15-19(25)6-5-18(22)2/h3-10,15H,11-14,16H2,1-2H3/t31-/m0/s1. The lowest BCUT2D eigenvalue weighted by molar-refractivity contribution is 0.0713. The summed E-state index contributed by atoms with van der Waals surface area (Å²) in [6.45, 7) is 6.74. The fourth-order valence-electron chi connectivity index (χ4n) is 3.70. The summed E-state index contributed by atoms with van der Waals surface area (Å²) in [7, 11) is -1.21. The van der Waals surface area contributed by atoms with Gasteiger partial charge in [-0.3, -0.25) is 9.00 Å². The first-order valence-corrected chi connectivity index (χ1v) is 11.9. The van der Waals surface area contributed by atoms with Gasteiger partial charge < -0.3 is 14.2 Å². The van der Waals surface area contributed by atoms with E-state index in [-0.39, 0.29) is 11.7 Å². The van der Waals surface area contributed by atoms with Gasteiger partial charge in [0, 0.05) is 41.8 Å². The normalized spacial score (nSPS) is 15.2. The Hall–Kier alpha value is -2.57. The van der Waals surface area contributed by atoms with Crippen LogP contribution < -0.4 is 4.90 Å². The SMILES string of the molecule is Cc1ccc([S@@](=O)Cc2ccc(C(=O)N3CCN(c4cc(Cl)ccc4C)CC3)o2)cc1. The molecule has 1 aromatic heterocycles. The molecule has 3 aromatic rings. The number of aryl methyl sites for hydroxylation is 2. The number of furan rings is 1. The van der Waals surface area contributed by atoms with Crippen LogP contribution in [0.4, 0.5) is 5.69 Å².